The van der Waals surface area contributed by atoms with E-state index in [1.807, 2.05) is 37.5 Å². The average Bonchev–Trinajstić information content (AvgIpc) is 3.33. The smallest absolute Gasteiger partial charge is 0.261 e. The van der Waals surface area contributed by atoms with Crippen LogP contribution in [0.15, 0.2) is 60.9 Å². The lowest BCUT2D eigenvalue weighted by Gasteiger charge is -2.06. The third-order valence-corrected chi connectivity index (χ3v) is 5.58. The zero-order valence-corrected chi connectivity index (χ0v) is 16.0. The number of thiophene rings is 1. The summed E-state index contributed by atoms with van der Waals surface area (Å²) in [5.74, 6) is 0.0242. The fraction of sp³-hybridized carbons (Fsp3) is 0.182. The molecule has 0 aliphatic rings. The van der Waals surface area contributed by atoms with Crippen LogP contribution < -0.4 is 5.32 Å². The number of amides is 1. The van der Waals surface area contributed by atoms with Crippen molar-refractivity contribution in [3.05, 3.63) is 76.2 Å². The number of nitrogens with zero attached hydrogens (tertiary/aromatic N) is 1. The molecule has 4 aromatic rings. The van der Waals surface area contributed by atoms with E-state index in [2.05, 4.69) is 45.6 Å². The van der Waals surface area contributed by atoms with Crippen molar-refractivity contribution in [1.82, 2.24) is 15.3 Å². The molecular weight excluding hydrogens is 354 g/mol. The van der Waals surface area contributed by atoms with E-state index < -0.39 is 0 Å². The van der Waals surface area contributed by atoms with Crippen molar-refractivity contribution in [2.75, 3.05) is 6.54 Å². The number of aromatic amines is 1. The number of H-pyrrole nitrogens is 1. The summed E-state index contributed by atoms with van der Waals surface area (Å²) in [7, 11) is 0. The van der Waals surface area contributed by atoms with Crippen LogP contribution in [-0.2, 0) is 6.42 Å². The number of pyridine rings is 1. The van der Waals surface area contributed by atoms with Crippen LogP contribution in [0, 0.1) is 6.92 Å². The zero-order chi connectivity index (χ0) is 18.6. The molecule has 3 heterocycles. The summed E-state index contributed by atoms with van der Waals surface area (Å²) >= 11 is 1.53. The Morgan fingerprint density at radius 2 is 1.96 bits per heavy atom. The molecule has 0 bridgehead atoms. The molecular formula is C22H21N3OS. The third kappa shape index (κ3) is 4.09. The van der Waals surface area contributed by atoms with E-state index in [0.717, 1.165) is 44.8 Å². The predicted molar refractivity (Wildman–Crippen MR) is 111 cm³/mol. The van der Waals surface area contributed by atoms with E-state index in [1.165, 1.54) is 16.9 Å². The van der Waals surface area contributed by atoms with Crippen LogP contribution in [-0.4, -0.2) is 22.4 Å². The summed E-state index contributed by atoms with van der Waals surface area (Å²) in [6.45, 7) is 2.70. The Hall–Kier alpha value is -2.92. The maximum Gasteiger partial charge on any atom is 0.261 e. The molecule has 27 heavy (non-hydrogen) atoms. The van der Waals surface area contributed by atoms with Gasteiger partial charge in [-0.15, -0.1) is 11.3 Å². The van der Waals surface area contributed by atoms with Gasteiger partial charge in [-0.3, -0.25) is 4.79 Å². The molecule has 0 spiro atoms. The monoisotopic (exact) mass is 375 g/mol. The molecule has 0 unspecified atom stereocenters. The number of nitrogens with one attached hydrogen (secondary N) is 2. The number of rotatable bonds is 6. The van der Waals surface area contributed by atoms with Gasteiger partial charge in [0, 0.05) is 34.8 Å². The lowest BCUT2D eigenvalue weighted by molar-refractivity contribution is 0.0957. The van der Waals surface area contributed by atoms with Crippen LogP contribution in [0.25, 0.3) is 22.2 Å². The Balaban J connectivity index is 1.30. The van der Waals surface area contributed by atoms with Gasteiger partial charge in [0.15, 0.2) is 0 Å². The highest BCUT2D eigenvalue weighted by molar-refractivity contribution is 7.13. The lowest BCUT2D eigenvalue weighted by Crippen LogP contribution is -2.23. The number of carbonyl (C=O) groups is 1. The predicted octanol–water partition coefficient (Wildman–Crippen LogP) is 4.96. The largest absolute Gasteiger partial charge is 0.351 e. The minimum absolute atomic E-state index is 0.0242. The minimum atomic E-state index is 0.0242. The van der Waals surface area contributed by atoms with Gasteiger partial charge in [-0.2, -0.15) is 0 Å². The molecule has 5 heteroatoms. The van der Waals surface area contributed by atoms with Crippen molar-refractivity contribution in [2.24, 2.45) is 0 Å². The Morgan fingerprint density at radius 1 is 1.11 bits per heavy atom. The van der Waals surface area contributed by atoms with E-state index in [9.17, 15) is 4.79 Å². The molecule has 0 radical (unpaired) electrons. The van der Waals surface area contributed by atoms with Gasteiger partial charge in [0.2, 0.25) is 0 Å². The summed E-state index contributed by atoms with van der Waals surface area (Å²) < 4.78 is 0. The number of carbonyl (C=O) groups excluding carboxylic acids is 1. The number of fused-ring (bicyclic) bond motifs is 1. The van der Waals surface area contributed by atoms with Crippen LogP contribution in [0.4, 0.5) is 0 Å². The third-order valence-electron chi connectivity index (χ3n) is 4.58. The SMILES string of the molecule is Cc1ccc(C(=O)NCCCc2ccc(-c3cnc4[nH]ccc4c3)cc2)s1. The molecule has 2 N–H and O–H groups in total. The maximum atomic E-state index is 12.0. The van der Waals surface area contributed by atoms with Crippen LogP contribution in [0.1, 0.15) is 26.5 Å². The van der Waals surface area contributed by atoms with Crippen molar-refractivity contribution >= 4 is 28.3 Å². The van der Waals surface area contributed by atoms with Crippen molar-refractivity contribution in [3.8, 4) is 11.1 Å². The first-order valence-corrected chi connectivity index (χ1v) is 9.88. The van der Waals surface area contributed by atoms with Crippen molar-refractivity contribution < 1.29 is 4.79 Å². The summed E-state index contributed by atoms with van der Waals surface area (Å²) in [4.78, 5) is 21.5. The van der Waals surface area contributed by atoms with E-state index in [1.54, 1.807) is 0 Å². The summed E-state index contributed by atoms with van der Waals surface area (Å²) in [5.41, 5.74) is 4.47. The topological polar surface area (TPSA) is 57.8 Å². The average molecular weight is 375 g/mol. The van der Waals surface area contributed by atoms with E-state index in [4.69, 9.17) is 0 Å². The molecule has 3 aromatic heterocycles. The highest BCUT2D eigenvalue weighted by Crippen LogP contribution is 2.23. The quantitative estimate of drug-likeness (QED) is 0.468. The molecule has 0 saturated carbocycles. The molecule has 0 fully saturated rings. The van der Waals surface area contributed by atoms with E-state index in [-0.39, 0.29) is 5.91 Å². The zero-order valence-electron chi connectivity index (χ0n) is 15.2. The highest BCUT2D eigenvalue weighted by atomic mass is 32.1. The van der Waals surface area contributed by atoms with E-state index in [0.29, 0.717) is 6.54 Å². The van der Waals surface area contributed by atoms with Gasteiger partial charge < -0.3 is 10.3 Å². The van der Waals surface area contributed by atoms with Gasteiger partial charge in [0.25, 0.3) is 5.91 Å². The van der Waals surface area contributed by atoms with Crippen molar-refractivity contribution in [3.63, 3.8) is 0 Å². The second-order valence-electron chi connectivity index (χ2n) is 6.61. The van der Waals surface area contributed by atoms with Gasteiger partial charge in [-0.25, -0.2) is 4.98 Å². The van der Waals surface area contributed by atoms with Crippen LogP contribution in [0.2, 0.25) is 0 Å². The van der Waals surface area contributed by atoms with Crippen LogP contribution in [0.5, 0.6) is 0 Å². The molecule has 1 amide bonds. The lowest BCUT2D eigenvalue weighted by atomic mass is 10.0. The maximum absolute atomic E-state index is 12.0. The number of aryl methyl sites for hydroxylation is 2. The second-order valence-corrected chi connectivity index (χ2v) is 7.89. The van der Waals surface area contributed by atoms with Gasteiger partial charge in [0.05, 0.1) is 4.88 Å². The summed E-state index contributed by atoms with van der Waals surface area (Å²) in [6, 6.07) is 16.6. The number of benzene rings is 1. The first kappa shape index (κ1) is 17.5. The van der Waals surface area contributed by atoms with Crippen molar-refractivity contribution in [1.29, 1.82) is 0 Å². The molecule has 0 aliphatic heterocycles. The van der Waals surface area contributed by atoms with Gasteiger partial charge in [-0.1, -0.05) is 24.3 Å². The molecule has 4 rings (SSSR count). The van der Waals surface area contributed by atoms with Crippen molar-refractivity contribution in [2.45, 2.75) is 19.8 Å². The van der Waals surface area contributed by atoms with Gasteiger partial charge >= 0.3 is 0 Å². The molecule has 0 aliphatic carbocycles. The Bertz CT molecular complexity index is 1060. The Kier molecular flexibility index (Phi) is 5.03. The standard InChI is InChI=1S/C22H21N3OS/c1-15-4-9-20(27-15)22(26)24-11-2-3-16-5-7-17(8-6-16)19-13-18-10-12-23-21(18)25-14-19/h4-10,12-14H,2-3,11H2,1H3,(H,23,25)(H,24,26). The summed E-state index contributed by atoms with van der Waals surface area (Å²) in [6.07, 6.45) is 5.67. The number of hydrogen-bond acceptors (Lipinski definition) is 3. The number of hydrogen-bond donors (Lipinski definition) is 2. The van der Waals surface area contributed by atoms with E-state index >= 15 is 0 Å². The molecule has 136 valence electrons. The first-order chi connectivity index (χ1) is 13.2. The molecule has 1 aromatic carbocycles. The second kappa shape index (κ2) is 7.76. The molecule has 0 saturated heterocycles. The minimum Gasteiger partial charge on any atom is -0.351 e. The van der Waals surface area contributed by atoms with Crippen LogP contribution >= 0.6 is 11.3 Å². The number of aromatic nitrogens is 2. The first-order valence-electron chi connectivity index (χ1n) is 9.06. The normalized spacial score (nSPS) is 11.0. The van der Waals surface area contributed by atoms with Crippen LogP contribution in [0.3, 0.4) is 0 Å². The highest BCUT2D eigenvalue weighted by Gasteiger charge is 2.07. The fourth-order valence-corrected chi connectivity index (χ4v) is 3.88. The summed E-state index contributed by atoms with van der Waals surface area (Å²) in [5, 5.41) is 4.11. The molecule has 4 nitrogen and oxygen atoms in total. The fourth-order valence-electron chi connectivity index (χ4n) is 3.10. The van der Waals surface area contributed by atoms with Gasteiger partial charge in [0.1, 0.15) is 5.65 Å². The Labute approximate surface area is 162 Å². The molecule has 0 atom stereocenters. The Morgan fingerprint density at radius 3 is 2.74 bits per heavy atom. The van der Waals surface area contributed by atoms with Gasteiger partial charge in [-0.05, 0) is 55.2 Å².